The van der Waals surface area contributed by atoms with Gasteiger partial charge in [0.2, 0.25) is 0 Å². The first-order valence-electron chi connectivity index (χ1n) is 9.21. The third kappa shape index (κ3) is 4.61. The molecule has 2 aromatic rings. The summed E-state index contributed by atoms with van der Waals surface area (Å²) in [6, 6.07) is 11.3. The van der Waals surface area contributed by atoms with Crippen LogP contribution in [0.15, 0.2) is 52.1 Å². The molecular formula is C20H26N4O3. The van der Waals surface area contributed by atoms with E-state index in [1.54, 1.807) is 19.2 Å². The Morgan fingerprint density at radius 2 is 1.89 bits per heavy atom. The van der Waals surface area contributed by atoms with Crippen molar-refractivity contribution in [3.8, 4) is 5.75 Å². The molecule has 1 saturated heterocycles. The molecule has 2 heterocycles. The van der Waals surface area contributed by atoms with Crippen LogP contribution in [0.5, 0.6) is 5.75 Å². The van der Waals surface area contributed by atoms with Crippen molar-refractivity contribution in [2.45, 2.75) is 13.5 Å². The molecule has 7 heteroatoms. The van der Waals surface area contributed by atoms with Gasteiger partial charge < -0.3 is 24.3 Å². The van der Waals surface area contributed by atoms with Crippen LogP contribution in [0.4, 0.5) is 0 Å². The van der Waals surface area contributed by atoms with E-state index in [1.165, 1.54) is 6.26 Å². The fourth-order valence-electron chi connectivity index (χ4n) is 3.10. The van der Waals surface area contributed by atoms with Crippen LogP contribution in [0.2, 0.25) is 0 Å². The Kier molecular flexibility index (Phi) is 6.35. The zero-order valence-electron chi connectivity index (χ0n) is 15.9. The Bertz CT molecular complexity index is 765. The van der Waals surface area contributed by atoms with Gasteiger partial charge in [-0.05, 0) is 25.1 Å². The van der Waals surface area contributed by atoms with Crippen molar-refractivity contribution in [2.24, 2.45) is 4.99 Å². The summed E-state index contributed by atoms with van der Waals surface area (Å²) in [7, 11) is 1.67. The van der Waals surface area contributed by atoms with E-state index in [4.69, 9.17) is 14.1 Å². The van der Waals surface area contributed by atoms with Gasteiger partial charge in [0, 0.05) is 38.3 Å². The highest BCUT2D eigenvalue weighted by Crippen LogP contribution is 2.18. The van der Waals surface area contributed by atoms with Gasteiger partial charge in [0.05, 0.1) is 19.9 Å². The van der Waals surface area contributed by atoms with Crippen molar-refractivity contribution in [3.63, 3.8) is 0 Å². The molecule has 3 rings (SSSR count). The summed E-state index contributed by atoms with van der Waals surface area (Å²) in [6.45, 7) is 6.11. The summed E-state index contributed by atoms with van der Waals surface area (Å²) in [5.41, 5.74) is 1.04. The Balaban J connectivity index is 1.63. The molecule has 1 amide bonds. The number of furan rings is 1. The molecule has 0 radical (unpaired) electrons. The van der Waals surface area contributed by atoms with Crippen LogP contribution in [-0.4, -0.2) is 61.5 Å². The molecule has 0 bridgehead atoms. The number of ether oxygens (including phenoxy) is 1. The SMILES string of the molecule is CCNC(=NCc1ccccc1OC)N1CCN(C(=O)c2ccco2)CC1. The molecule has 1 fully saturated rings. The van der Waals surface area contributed by atoms with Gasteiger partial charge in [-0.25, -0.2) is 4.99 Å². The maximum Gasteiger partial charge on any atom is 0.289 e. The highest BCUT2D eigenvalue weighted by Gasteiger charge is 2.25. The molecule has 0 aliphatic carbocycles. The minimum Gasteiger partial charge on any atom is -0.496 e. The average Bonchev–Trinajstić information content (AvgIpc) is 3.26. The highest BCUT2D eigenvalue weighted by atomic mass is 16.5. The Labute approximate surface area is 159 Å². The average molecular weight is 370 g/mol. The Morgan fingerprint density at radius 1 is 1.15 bits per heavy atom. The summed E-state index contributed by atoms with van der Waals surface area (Å²) in [5, 5.41) is 3.34. The quantitative estimate of drug-likeness (QED) is 0.645. The third-order valence-corrected chi connectivity index (χ3v) is 4.52. The van der Waals surface area contributed by atoms with Gasteiger partial charge in [0.1, 0.15) is 5.75 Å². The van der Waals surface area contributed by atoms with Crippen molar-refractivity contribution in [1.82, 2.24) is 15.1 Å². The van der Waals surface area contributed by atoms with Crippen molar-refractivity contribution in [2.75, 3.05) is 39.8 Å². The van der Waals surface area contributed by atoms with Crippen LogP contribution in [0.1, 0.15) is 23.0 Å². The zero-order valence-corrected chi connectivity index (χ0v) is 15.9. The monoisotopic (exact) mass is 370 g/mol. The van der Waals surface area contributed by atoms with Gasteiger partial charge in [-0.15, -0.1) is 0 Å². The van der Waals surface area contributed by atoms with Crippen molar-refractivity contribution in [1.29, 1.82) is 0 Å². The fourth-order valence-corrected chi connectivity index (χ4v) is 3.10. The van der Waals surface area contributed by atoms with E-state index in [1.807, 2.05) is 29.2 Å². The van der Waals surface area contributed by atoms with Crippen LogP contribution in [0.25, 0.3) is 0 Å². The number of carbonyl (C=O) groups is 1. The molecule has 0 atom stereocenters. The second-order valence-electron chi connectivity index (χ2n) is 6.24. The largest absolute Gasteiger partial charge is 0.496 e. The molecule has 0 spiro atoms. The molecule has 1 aromatic heterocycles. The fraction of sp³-hybridized carbons (Fsp3) is 0.400. The number of para-hydroxylation sites is 1. The molecular weight excluding hydrogens is 344 g/mol. The Morgan fingerprint density at radius 3 is 2.56 bits per heavy atom. The van der Waals surface area contributed by atoms with Crippen molar-refractivity contribution < 1.29 is 13.9 Å². The molecule has 1 aromatic carbocycles. The lowest BCUT2D eigenvalue weighted by Crippen LogP contribution is -2.53. The number of methoxy groups -OCH3 is 1. The van der Waals surface area contributed by atoms with E-state index in [0.29, 0.717) is 25.4 Å². The summed E-state index contributed by atoms with van der Waals surface area (Å²) in [6.07, 6.45) is 1.53. The summed E-state index contributed by atoms with van der Waals surface area (Å²) >= 11 is 0. The third-order valence-electron chi connectivity index (χ3n) is 4.52. The van der Waals surface area contributed by atoms with E-state index < -0.39 is 0 Å². The number of guanidine groups is 1. The van der Waals surface area contributed by atoms with Crippen LogP contribution in [0, 0.1) is 0 Å². The number of hydrogen-bond donors (Lipinski definition) is 1. The van der Waals surface area contributed by atoms with Gasteiger partial charge in [-0.1, -0.05) is 18.2 Å². The number of amides is 1. The molecule has 0 saturated carbocycles. The van der Waals surface area contributed by atoms with Gasteiger partial charge in [-0.2, -0.15) is 0 Å². The predicted molar refractivity (Wildman–Crippen MR) is 104 cm³/mol. The molecule has 144 valence electrons. The lowest BCUT2D eigenvalue weighted by atomic mass is 10.2. The summed E-state index contributed by atoms with van der Waals surface area (Å²) in [5.74, 6) is 2.02. The molecule has 1 aliphatic heterocycles. The summed E-state index contributed by atoms with van der Waals surface area (Å²) in [4.78, 5) is 21.2. The van der Waals surface area contributed by atoms with Gasteiger partial charge in [-0.3, -0.25) is 4.79 Å². The number of rotatable bonds is 5. The topological polar surface area (TPSA) is 70.3 Å². The van der Waals surface area contributed by atoms with E-state index in [-0.39, 0.29) is 5.91 Å². The highest BCUT2D eigenvalue weighted by molar-refractivity contribution is 5.91. The van der Waals surface area contributed by atoms with E-state index in [9.17, 15) is 4.79 Å². The molecule has 27 heavy (non-hydrogen) atoms. The minimum absolute atomic E-state index is 0.0596. The lowest BCUT2D eigenvalue weighted by molar-refractivity contribution is 0.0657. The van der Waals surface area contributed by atoms with Crippen molar-refractivity contribution in [3.05, 3.63) is 54.0 Å². The van der Waals surface area contributed by atoms with Gasteiger partial charge in [0.15, 0.2) is 11.7 Å². The van der Waals surface area contributed by atoms with E-state index in [0.717, 1.165) is 36.9 Å². The van der Waals surface area contributed by atoms with Crippen LogP contribution >= 0.6 is 0 Å². The standard InChI is InChI=1S/C20H26N4O3/c1-3-21-20(22-15-16-7-4-5-8-17(16)26-2)24-12-10-23(11-13-24)19(25)18-9-6-14-27-18/h4-9,14H,3,10-13,15H2,1-2H3,(H,21,22). The second-order valence-corrected chi connectivity index (χ2v) is 6.24. The number of aliphatic imine (C=N–C) groups is 1. The number of hydrogen-bond acceptors (Lipinski definition) is 4. The van der Waals surface area contributed by atoms with Gasteiger partial charge in [0.25, 0.3) is 5.91 Å². The lowest BCUT2D eigenvalue weighted by Gasteiger charge is -2.36. The van der Waals surface area contributed by atoms with Crippen LogP contribution < -0.4 is 10.1 Å². The predicted octanol–water partition coefficient (Wildman–Crippen LogP) is 2.21. The smallest absolute Gasteiger partial charge is 0.289 e. The molecule has 1 aliphatic rings. The molecule has 1 N–H and O–H groups in total. The second kappa shape index (κ2) is 9.12. The van der Waals surface area contributed by atoms with E-state index in [2.05, 4.69) is 17.1 Å². The minimum atomic E-state index is -0.0596. The number of piperazine rings is 1. The number of carbonyl (C=O) groups excluding carboxylic acids is 1. The zero-order chi connectivity index (χ0) is 19.1. The number of nitrogens with zero attached hydrogens (tertiary/aromatic N) is 3. The number of benzene rings is 1. The number of nitrogens with one attached hydrogen (secondary N) is 1. The maximum atomic E-state index is 12.4. The van der Waals surface area contributed by atoms with Crippen LogP contribution in [-0.2, 0) is 6.54 Å². The maximum absolute atomic E-state index is 12.4. The first-order valence-corrected chi connectivity index (χ1v) is 9.21. The Hall–Kier alpha value is -2.96. The first-order chi connectivity index (χ1) is 13.2. The first kappa shape index (κ1) is 18.8. The van der Waals surface area contributed by atoms with E-state index >= 15 is 0 Å². The molecule has 0 unspecified atom stereocenters. The molecule has 7 nitrogen and oxygen atoms in total. The normalized spacial score (nSPS) is 15.0. The van der Waals surface area contributed by atoms with Crippen molar-refractivity contribution >= 4 is 11.9 Å². The van der Waals surface area contributed by atoms with Crippen LogP contribution in [0.3, 0.4) is 0 Å². The van der Waals surface area contributed by atoms with Gasteiger partial charge >= 0.3 is 0 Å². The summed E-state index contributed by atoms with van der Waals surface area (Å²) < 4.78 is 10.6.